The predicted octanol–water partition coefficient (Wildman–Crippen LogP) is 3.37. The molecule has 1 aromatic heterocycles. The van der Waals surface area contributed by atoms with Gasteiger partial charge in [0.05, 0.1) is 13.2 Å². The summed E-state index contributed by atoms with van der Waals surface area (Å²) in [4.78, 5) is 0.948. The second-order valence-electron chi connectivity index (χ2n) is 3.38. The zero-order chi connectivity index (χ0) is 11.5. The first-order valence-electron chi connectivity index (χ1n) is 4.85. The van der Waals surface area contributed by atoms with Gasteiger partial charge in [-0.15, -0.1) is 23.7 Å². The van der Waals surface area contributed by atoms with Gasteiger partial charge >= 0.3 is 0 Å². The van der Waals surface area contributed by atoms with Crippen molar-refractivity contribution in [2.75, 3.05) is 7.11 Å². The first-order chi connectivity index (χ1) is 7.72. The topological polar surface area (TPSA) is 35.2 Å². The van der Waals surface area contributed by atoms with E-state index >= 15 is 0 Å². The number of halogens is 2. The van der Waals surface area contributed by atoms with Crippen LogP contribution < -0.4 is 10.5 Å². The van der Waals surface area contributed by atoms with E-state index in [0.717, 1.165) is 4.88 Å². The Bertz CT molecular complexity index is 475. The summed E-state index contributed by atoms with van der Waals surface area (Å²) in [7, 11) is 1.51. The van der Waals surface area contributed by atoms with Gasteiger partial charge in [-0.1, -0.05) is 12.1 Å². The lowest BCUT2D eigenvalue weighted by Gasteiger charge is -2.11. The number of benzene rings is 1. The lowest BCUT2D eigenvalue weighted by molar-refractivity contribution is 0.410. The van der Waals surface area contributed by atoms with Gasteiger partial charge in [-0.3, -0.25) is 0 Å². The number of methoxy groups -OCH3 is 1. The fourth-order valence-corrected chi connectivity index (χ4v) is 2.25. The molecular formula is C12H13ClFNOS. The highest BCUT2D eigenvalue weighted by molar-refractivity contribution is 7.10. The highest BCUT2D eigenvalue weighted by Crippen LogP contribution is 2.27. The molecule has 0 saturated heterocycles. The van der Waals surface area contributed by atoms with Crippen LogP contribution in [-0.2, 0) is 0 Å². The summed E-state index contributed by atoms with van der Waals surface area (Å²) in [5.41, 5.74) is 6.47. The Morgan fingerprint density at radius 3 is 2.65 bits per heavy atom. The molecule has 5 heteroatoms. The second-order valence-corrected chi connectivity index (χ2v) is 4.36. The zero-order valence-electron chi connectivity index (χ0n) is 9.22. The first kappa shape index (κ1) is 14.0. The zero-order valence-corrected chi connectivity index (χ0v) is 10.9. The van der Waals surface area contributed by atoms with E-state index in [4.69, 9.17) is 10.5 Å². The normalized spacial score (nSPS) is 11.7. The maximum Gasteiger partial charge on any atom is 0.132 e. The Hall–Kier alpha value is -1.10. The molecule has 2 nitrogen and oxygen atoms in total. The van der Waals surface area contributed by atoms with E-state index in [2.05, 4.69) is 0 Å². The summed E-state index contributed by atoms with van der Waals surface area (Å²) < 4.78 is 18.7. The van der Waals surface area contributed by atoms with Crippen molar-refractivity contribution >= 4 is 23.7 Å². The molecule has 0 spiro atoms. The number of hydrogen-bond acceptors (Lipinski definition) is 3. The maximum absolute atomic E-state index is 13.7. The van der Waals surface area contributed by atoms with Gasteiger partial charge in [0.15, 0.2) is 0 Å². The number of hydrogen-bond donors (Lipinski definition) is 1. The van der Waals surface area contributed by atoms with Crippen LogP contribution in [0.4, 0.5) is 4.39 Å². The molecule has 0 unspecified atom stereocenters. The van der Waals surface area contributed by atoms with Crippen LogP contribution in [0.25, 0.3) is 0 Å². The van der Waals surface area contributed by atoms with Crippen molar-refractivity contribution in [3.63, 3.8) is 0 Å². The summed E-state index contributed by atoms with van der Waals surface area (Å²) in [6.07, 6.45) is 0. The van der Waals surface area contributed by atoms with Crippen LogP contribution in [-0.4, -0.2) is 7.11 Å². The number of nitrogens with two attached hydrogens (primary N) is 1. The molecule has 0 saturated carbocycles. The molecule has 1 atom stereocenters. The first-order valence-corrected chi connectivity index (χ1v) is 5.72. The summed E-state index contributed by atoms with van der Waals surface area (Å²) in [5, 5.41) is 1.93. The third kappa shape index (κ3) is 2.97. The average molecular weight is 274 g/mol. The Kier molecular flexibility index (Phi) is 4.93. The van der Waals surface area contributed by atoms with Crippen molar-refractivity contribution in [2.45, 2.75) is 6.04 Å². The smallest absolute Gasteiger partial charge is 0.132 e. The molecule has 0 amide bonds. The highest BCUT2D eigenvalue weighted by atomic mass is 35.5. The van der Waals surface area contributed by atoms with Gasteiger partial charge < -0.3 is 10.5 Å². The van der Waals surface area contributed by atoms with Crippen LogP contribution in [0.2, 0.25) is 0 Å². The lowest BCUT2D eigenvalue weighted by Crippen LogP contribution is -2.12. The molecule has 0 fully saturated rings. The van der Waals surface area contributed by atoms with E-state index in [1.807, 2.05) is 17.5 Å². The number of rotatable bonds is 3. The number of thiophene rings is 1. The molecular weight excluding hydrogens is 261 g/mol. The van der Waals surface area contributed by atoms with Crippen molar-refractivity contribution in [3.05, 3.63) is 52.0 Å². The van der Waals surface area contributed by atoms with Crippen molar-refractivity contribution in [1.82, 2.24) is 0 Å². The van der Waals surface area contributed by atoms with Crippen LogP contribution in [0.5, 0.6) is 5.75 Å². The van der Waals surface area contributed by atoms with Crippen molar-refractivity contribution in [1.29, 1.82) is 0 Å². The molecule has 1 heterocycles. The van der Waals surface area contributed by atoms with Gasteiger partial charge in [0, 0.05) is 16.5 Å². The second kappa shape index (κ2) is 6.00. The highest BCUT2D eigenvalue weighted by Gasteiger charge is 2.14. The van der Waals surface area contributed by atoms with E-state index in [0.29, 0.717) is 11.3 Å². The Labute approximate surface area is 110 Å². The fraction of sp³-hybridized carbons (Fsp3) is 0.167. The largest absolute Gasteiger partial charge is 0.497 e. The molecule has 0 radical (unpaired) electrons. The summed E-state index contributed by atoms with van der Waals surface area (Å²) in [6, 6.07) is 8.12. The SMILES string of the molecule is COc1ccc([C@@H](N)c2cccs2)c(F)c1.Cl. The maximum atomic E-state index is 13.7. The van der Waals surface area contributed by atoms with Gasteiger partial charge in [0.2, 0.25) is 0 Å². The van der Waals surface area contributed by atoms with Crippen LogP contribution >= 0.6 is 23.7 Å². The van der Waals surface area contributed by atoms with Crippen molar-refractivity contribution in [3.8, 4) is 5.75 Å². The Balaban J connectivity index is 0.00000144. The van der Waals surface area contributed by atoms with Gasteiger partial charge in [-0.2, -0.15) is 0 Å². The van der Waals surface area contributed by atoms with Gasteiger partial charge in [-0.05, 0) is 17.5 Å². The van der Waals surface area contributed by atoms with Crippen molar-refractivity contribution in [2.24, 2.45) is 5.73 Å². The minimum Gasteiger partial charge on any atom is -0.497 e. The van der Waals surface area contributed by atoms with E-state index < -0.39 is 6.04 Å². The summed E-state index contributed by atoms with van der Waals surface area (Å²) in [6.45, 7) is 0. The molecule has 2 N–H and O–H groups in total. The van der Waals surface area contributed by atoms with Gasteiger partial charge in [0.25, 0.3) is 0 Å². The molecule has 0 aliphatic rings. The number of ether oxygens (including phenoxy) is 1. The molecule has 0 aliphatic heterocycles. The monoisotopic (exact) mass is 273 g/mol. The third-order valence-electron chi connectivity index (χ3n) is 2.39. The minimum absolute atomic E-state index is 0. The summed E-state index contributed by atoms with van der Waals surface area (Å²) >= 11 is 1.52. The van der Waals surface area contributed by atoms with E-state index in [1.54, 1.807) is 12.1 Å². The van der Waals surface area contributed by atoms with Crippen LogP contribution in [0.15, 0.2) is 35.7 Å². The molecule has 17 heavy (non-hydrogen) atoms. The van der Waals surface area contributed by atoms with Gasteiger partial charge in [-0.25, -0.2) is 4.39 Å². The minimum atomic E-state index is -0.411. The molecule has 0 aliphatic carbocycles. The Morgan fingerprint density at radius 2 is 2.12 bits per heavy atom. The fourth-order valence-electron chi connectivity index (χ4n) is 1.51. The standard InChI is InChI=1S/C12H12FNOS.ClH/c1-15-8-4-5-9(10(13)7-8)12(14)11-3-2-6-16-11;/h2-7,12H,14H2,1H3;1H/t12-;/m1./s1. The molecule has 1 aromatic carbocycles. The van der Waals surface area contributed by atoms with E-state index in [-0.39, 0.29) is 18.2 Å². The third-order valence-corrected chi connectivity index (χ3v) is 3.35. The van der Waals surface area contributed by atoms with Crippen LogP contribution in [0.3, 0.4) is 0 Å². The van der Waals surface area contributed by atoms with Crippen LogP contribution in [0.1, 0.15) is 16.5 Å². The molecule has 92 valence electrons. The van der Waals surface area contributed by atoms with Crippen LogP contribution in [0, 0.1) is 5.82 Å². The van der Waals surface area contributed by atoms with Crippen molar-refractivity contribution < 1.29 is 9.13 Å². The summed E-state index contributed by atoms with van der Waals surface area (Å²) in [5.74, 6) is 0.167. The van der Waals surface area contributed by atoms with Gasteiger partial charge in [0.1, 0.15) is 11.6 Å². The van der Waals surface area contributed by atoms with E-state index in [1.165, 1.54) is 24.5 Å². The average Bonchev–Trinajstić information content (AvgIpc) is 2.81. The molecule has 0 bridgehead atoms. The quantitative estimate of drug-likeness (QED) is 0.931. The van der Waals surface area contributed by atoms with E-state index in [9.17, 15) is 4.39 Å². The Morgan fingerprint density at radius 1 is 1.35 bits per heavy atom. The molecule has 2 rings (SSSR count). The predicted molar refractivity (Wildman–Crippen MR) is 70.5 cm³/mol. The molecule has 2 aromatic rings. The lowest BCUT2D eigenvalue weighted by atomic mass is 10.1.